The summed E-state index contributed by atoms with van der Waals surface area (Å²) >= 11 is 5.07. The van der Waals surface area contributed by atoms with Crippen LogP contribution < -0.4 is 0 Å². The van der Waals surface area contributed by atoms with Gasteiger partial charge in [0, 0.05) is 24.1 Å². The van der Waals surface area contributed by atoms with Crippen LogP contribution in [0.1, 0.15) is 11.1 Å². The van der Waals surface area contributed by atoms with E-state index in [0.717, 1.165) is 17.3 Å². The Morgan fingerprint density at radius 3 is 3.14 bits per heavy atom. The fourth-order valence-electron chi connectivity index (χ4n) is 1.40. The average Bonchev–Trinajstić information content (AvgIpc) is 2.17. The van der Waals surface area contributed by atoms with Crippen molar-refractivity contribution in [2.75, 3.05) is 6.61 Å². The predicted molar refractivity (Wildman–Crippen MR) is 64.4 cm³/mol. The normalized spacial score (nSPS) is 14.9. The summed E-state index contributed by atoms with van der Waals surface area (Å²) in [5.74, 6) is 0. The second-order valence-electron chi connectivity index (χ2n) is 3.14. The van der Waals surface area contributed by atoms with Crippen LogP contribution in [0.5, 0.6) is 0 Å². The highest BCUT2D eigenvalue weighted by atomic mass is 32.2. The van der Waals surface area contributed by atoms with E-state index in [1.807, 2.05) is 0 Å². The lowest BCUT2D eigenvalue weighted by Crippen LogP contribution is -2.00. The summed E-state index contributed by atoms with van der Waals surface area (Å²) in [7, 11) is 0. The summed E-state index contributed by atoms with van der Waals surface area (Å²) in [6.07, 6.45) is 0.724. The van der Waals surface area contributed by atoms with Crippen LogP contribution in [-0.2, 0) is 25.6 Å². The molecule has 1 aliphatic heterocycles. The zero-order chi connectivity index (χ0) is 9.97. The van der Waals surface area contributed by atoms with E-state index in [1.54, 1.807) is 11.8 Å². The first-order valence-electron chi connectivity index (χ1n) is 4.46. The minimum atomic E-state index is 0.207. The Morgan fingerprint density at radius 1 is 1.50 bits per heavy atom. The highest BCUT2D eigenvalue weighted by Gasteiger charge is 2.14. The first kappa shape index (κ1) is 10.1. The number of aliphatic imine (C=N–C) groups is 1. The third kappa shape index (κ3) is 2.13. The van der Waals surface area contributed by atoms with Crippen LogP contribution in [0.2, 0.25) is 0 Å². The number of fused-ring (bicyclic) bond motifs is 1. The summed E-state index contributed by atoms with van der Waals surface area (Å²) in [5, 5.41) is 8.84. The van der Waals surface area contributed by atoms with Gasteiger partial charge < -0.3 is 5.11 Å². The number of thioether (sulfide) groups is 1. The van der Waals surface area contributed by atoms with Gasteiger partial charge in [-0.25, -0.2) is 4.99 Å². The zero-order valence-corrected chi connectivity index (χ0v) is 9.47. The van der Waals surface area contributed by atoms with Gasteiger partial charge in [0.2, 0.25) is 0 Å². The van der Waals surface area contributed by atoms with Crippen LogP contribution in [-0.4, -0.2) is 16.1 Å². The lowest BCUT2D eigenvalue weighted by Gasteiger charge is -2.11. The maximum Gasteiger partial charge on any atom is 0.277 e. The molecule has 1 aliphatic rings. The standard InChI is InChI=1S/C10H11NOS2/c12-4-3-7-1-2-8-6-11-10(13)14-9(8)5-7/h1-2,5,12H,3-4,6H2,(H,11,13)/p+1. The molecule has 1 aromatic rings. The number of nitrogens with zero attached hydrogens (tertiary/aromatic N) is 1. The van der Waals surface area contributed by atoms with Crippen LogP contribution in [0.15, 0.2) is 28.1 Å². The number of hydrogen-bond acceptors (Lipinski definition) is 3. The van der Waals surface area contributed by atoms with Crippen molar-refractivity contribution in [3.8, 4) is 0 Å². The highest BCUT2D eigenvalue weighted by Crippen LogP contribution is 2.29. The molecule has 0 aromatic heterocycles. The van der Waals surface area contributed by atoms with Gasteiger partial charge in [0.15, 0.2) is 0 Å². The molecule has 4 heteroatoms. The van der Waals surface area contributed by atoms with Crippen LogP contribution in [0, 0.1) is 0 Å². The summed E-state index contributed by atoms with van der Waals surface area (Å²) in [6, 6.07) is 6.28. The molecule has 0 fully saturated rings. The molecule has 0 spiro atoms. The molecule has 2 nitrogen and oxygen atoms in total. The minimum absolute atomic E-state index is 0.207. The summed E-state index contributed by atoms with van der Waals surface area (Å²) in [6.45, 7) is 0.957. The predicted octanol–water partition coefficient (Wildman–Crippen LogP) is 1.19. The molecule has 0 saturated heterocycles. The SMILES string of the molecule is OCCc1ccc2c(c1)SC([SH2+])=NC2. The van der Waals surface area contributed by atoms with Crippen molar-refractivity contribution in [2.45, 2.75) is 17.9 Å². The molecule has 1 aromatic carbocycles. The Kier molecular flexibility index (Phi) is 3.15. The van der Waals surface area contributed by atoms with Crippen molar-refractivity contribution in [2.24, 2.45) is 4.99 Å². The molecular formula is C10H12NOS2+. The fraction of sp³-hybridized carbons (Fsp3) is 0.300. The van der Waals surface area contributed by atoms with Gasteiger partial charge >= 0.3 is 0 Å². The van der Waals surface area contributed by atoms with Gasteiger partial charge in [-0.05, 0) is 35.4 Å². The molecule has 2 rings (SSSR count). The first-order chi connectivity index (χ1) is 6.79. The molecule has 0 unspecified atom stereocenters. The number of hydrogen-bond donors (Lipinski definition) is 1. The van der Waals surface area contributed by atoms with Gasteiger partial charge in [-0.3, -0.25) is 0 Å². The van der Waals surface area contributed by atoms with Crippen molar-refractivity contribution in [3.05, 3.63) is 29.3 Å². The van der Waals surface area contributed by atoms with E-state index in [4.69, 9.17) is 5.11 Å². The lowest BCUT2D eigenvalue weighted by molar-refractivity contribution is 0.299. The van der Waals surface area contributed by atoms with Crippen molar-refractivity contribution in [1.82, 2.24) is 0 Å². The molecule has 0 saturated carbocycles. The Balaban J connectivity index is 2.27. The lowest BCUT2D eigenvalue weighted by atomic mass is 10.1. The van der Waals surface area contributed by atoms with E-state index in [9.17, 15) is 0 Å². The van der Waals surface area contributed by atoms with Gasteiger partial charge in [0.05, 0.1) is 6.54 Å². The van der Waals surface area contributed by atoms with Gasteiger partial charge in [0.1, 0.15) is 0 Å². The van der Waals surface area contributed by atoms with Crippen LogP contribution in [0.3, 0.4) is 0 Å². The van der Waals surface area contributed by atoms with Gasteiger partial charge in [-0.2, -0.15) is 0 Å². The van der Waals surface area contributed by atoms with Crippen LogP contribution in [0.25, 0.3) is 0 Å². The van der Waals surface area contributed by atoms with Crippen molar-refractivity contribution < 1.29 is 5.11 Å². The number of rotatable bonds is 2. The topological polar surface area (TPSA) is 32.6 Å². The summed E-state index contributed by atoms with van der Waals surface area (Å²) in [4.78, 5) is 5.54. The van der Waals surface area contributed by atoms with Crippen LogP contribution in [0.4, 0.5) is 0 Å². The number of aliphatic hydroxyl groups excluding tert-OH is 1. The smallest absolute Gasteiger partial charge is 0.277 e. The Morgan fingerprint density at radius 2 is 2.36 bits per heavy atom. The largest absolute Gasteiger partial charge is 0.396 e. The van der Waals surface area contributed by atoms with E-state index in [0.29, 0.717) is 0 Å². The quantitative estimate of drug-likeness (QED) is 0.769. The molecule has 74 valence electrons. The molecule has 0 aliphatic carbocycles. The average molecular weight is 226 g/mol. The summed E-state index contributed by atoms with van der Waals surface area (Å²) < 4.78 is 0.929. The van der Waals surface area contributed by atoms with E-state index < -0.39 is 0 Å². The van der Waals surface area contributed by atoms with Crippen LogP contribution >= 0.6 is 11.8 Å². The second-order valence-corrected chi connectivity index (χ2v) is 5.01. The molecule has 0 radical (unpaired) electrons. The van der Waals surface area contributed by atoms with E-state index in [-0.39, 0.29) is 6.61 Å². The third-order valence-electron chi connectivity index (χ3n) is 2.13. The molecule has 0 amide bonds. The van der Waals surface area contributed by atoms with Gasteiger partial charge in [-0.1, -0.05) is 12.1 Å². The Labute approximate surface area is 92.9 Å². The molecule has 1 N–H and O–H groups in total. The van der Waals surface area contributed by atoms with E-state index in [2.05, 4.69) is 35.8 Å². The summed E-state index contributed by atoms with van der Waals surface area (Å²) in [5.41, 5.74) is 2.44. The first-order valence-corrected chi connectivity index (χ1v) is 5.78. The monoisotopic (exact) mass is 226 g/mol. The third-order valence-corrected chi connectivity index (χ3v) is 3.52. The maximum atomic E-state index is 8.84. The van der Waals surface area contributed by atoms with E-state index in [1.165, 1.54) is 16.0 Å². The Hall–Kier alpha value is -0.450. The molecular weight excluding hydrogens is 214 g/mol. The van der Waals surface area contributed by atoms with Crippen molar-refractivity contribution >= 4 is 28.8 Å². The molecule has 14 heavy (non-hydrogen) atoms. The van der Waals surface area contributed by atoms with Gasteiger partial charge in [-0.15, -0.1) is 0 Å². The fourth-order valence-corrected chi connectivity index (χ4v) is 2.62. The van der Waals surface area contributed by atoms with Crippen molar-refractivity contribution in [1.29, 1.82) is 0 Å². The molecule has 0 bridgehead atoms. The highest BCUT2D eigenvalue weighted by molar-refractivity contribution is 8.27. The minimum Gasteiger partial charge on any atom is -0.396 e. The Bertz CT molecular complexity index is 376. The van der Waals surface area contributed by atoms with E-state index >= 15 is 0 Å². The molecule has 1 heterocycles. The number of aliphatic hydroxyl groups is 1. The van der Waals surface area contributed by atoms with Gasteiger partial charge in [0.25, 0.3) is 4.38 Å². The molecule has 0 atom stereocenters. The van der Waals surface area contributed by atoms with Crippen molar-refractivity contribution in [3.63, 3.8) is 0 Å². The number of benzene rings is 1. The second kappa shape index (κ2) is 4.38. The maximum absolute atomic E-state index is 8.84. The zero-order valence-electron chi connectivity index (χ0n) is 7.66.